The minimum absolute atomic E-state index is 0.0748. The first-order valence-corrected chi connectivity index (χ1v) is 5.67. The zero-order valence-electron chi connectivity index (χ0n) is 10.6. The lowest BCUT2D eigenvalue weighted by atomic mass is 10.1. The SMILES string of the molecule is COc1cc(Nc2cc(F)ccc2C)c(N)cc1F. The number of ether oxygens (including phenoxy) is 1. The van der Waals surface area contributed by atoms with Crippen molar-refractivity contribution in [3.8, 4) is 5.75 Å². The minimum Gasteiger partial charge on any atom is -0.494 e. The van der Waals surface area contributed by atoms with Gasteiger partial charge in [0.05, 0.1) is 18.5 Å². The number of nitrogen functional groups attached to an aromatic ring is 1. The third-order valence-electron chi connectivity index (χ3n) is 2.79. The van der Waals surface area contributed by atoms with Gasteiger partial charge in [-0.25, -0.2) is 8.78 Å². The van der Waals surface area contributed by atoms with E-state index in [4.69, 9.17) is 10.5 Å². The Labute approximate surface area is 110 Å². The molecule has 3 nitrogen and oxygen atoms in total. The molecule has 0 amide bonds. The van der Waals surface area contributed by atoms with E-state index in [9.17, 15) is 8.78 Å². The predicted octanol–water partition coefficient (Wildman–Crippen LogP) is 3.61. The van der Waals surface area contributed by atoms with Crippen LogP contribution in [0.2, 0.25) is 0 Å². The molecule has 0 aromatic heterocycles. The number of aryl methyl sites for hydroxylation is 1. The van der Waals surface area contributed by atoms with E-state index in [0.29, 0.717) is 11.4 Å². The molecule has 2 aromatic rings. The summed E-state index contributed by atoms with van der Waals surface area (Å²) in [4.78, 5) is 0. The number of rotatable bonds is 3. The third-order valence-corrected chi connectivity index (χ3v) is 2.79. The van der Waals surface area contributed by atoms with Gasteiger partial charge in [0.25, 0.3) is 0 Å². The van der Waals surface area contributed by atoms with E-state index < -0.39 is 5.82 Å². The van der Waals surface area contributed by atoms with Crippen LogP contribution < -0.4 is 15.8 Å². The zero-order valence-corrected chi connectivity index (χ0v) is 10.6. The van der Waals surface area contributed by atoms with Crippen LogP contribution in [0.5, 0.6) is 5.75 Å². The molecule has 0 atom stereocenters. The largest absolute Gasteiger partial charge is 0.494 e. The molecule has 100 valence electrons. The van der Waals surface area contributed by atoms with Gasteiger partial charge in [-0.1, -0.05) is 6.07 Å². The Morgan fingerprint density at radius 3 is 2.53 bits per heavy atom. The van der Waals surface area contributed by atoms with Crippen molar-refractivity contribution in [1.29, 1.82) is 0 Å². The maximum absolute atomic E-state index is 13.4. The first-order chi connectivity index (χ1) is 9.01. The van der Waals surface area contributed by atoms with Crippen molar-refractivity contribution in [3.63, 3.8) is 0 Å². The standard InChI is InChI=1S/C14H14F2N2O/c1-8-3-4-9(15)5-12(8)18-13-7-14(19-2)10(16)6-11(13)17/h3-7,18H,17H2,1-2H3. The van der Waals surface area contributed by atoms with Crippen molar-refractivity contribution < 1.29 is 13.5 Å². The van der Waals surface area contributed by atoms with Gasteiger partial charge in [-0.05, 0) is 24.6 Å². The van der Waals surface area contributed by atoms with Gasteiger partial charge in [-0.15, -0.1) is 0 Å². The van der Waals surface area contributed by atoms with Gasteiger partial charge in [0.1, 0.15) is 5.82 Å². The van der Waals surface area contributed by atoms with Crippen LogP contribution in [0.1, 0.15) is 5.56 Å². The van der Waals surface area contributed by atoms with Crippen LogP contribution in [0.3, 0.4) is 0 Å². The fourth-order valence-corrected chi connectivity index (χ4v) is 1.71. The molecule has 0 spiro atoms. The number of hydrogen-bond acceptors (Lipinski definition) is 3. The highest BCUT2D eigenvalue weighted by Gasteiger charge is 2.09. The van der Waals surface area contributed by atoms with Crippen LogP contribution in [0, 0.1) is 18.6 Å². The summed E-state index contributed by atoms with van der Waals surface area (Å²) >= 11 is 0. The Balaban J connectivity index is 2.40. The van der Waals surface area contributed by atoms with E-state index in [1.807, 2.05) is 6.92 Å². The van der Waals surface area contributed by atoms with Crippen LogP contribution >= 0.6 is 0 Å². The molecular formula is C14H14F2N2O. The van der Waals surface area contributed by atoms with Crippen LogP contribution in [0.15, 0.2) is 30.3 Å². The van der Waals surface area contributed by atoms with Crippen molar-refractivity contribution in [3.05, 3.63) is 47.5 Å². The summed E-state index contributed by atoms with van der Waals surface area (Å²) in [6.07, 6.45) is 0. The predicted molar refractivity (Wildman–Crippen MR) is 71.8 cm³/mol. The molecule has 19 heavy (non-hydrogen) atoms. The van der Waals surface area contributed by atoms with E-state index in [-0.39, 0.29) is 17.3 Å². The summed E-state index contributed by atoms with van der Waals surface area (Å²) in [6, 6.07) is 6.97. The van der Waals surface area contributed by atoms with Crippen molar-refractivity contribution in [2.75, 3.05) is 18.2 Å². The molecule has 0 aliphatic heterocycles. The van der Waals surface area contributed by atoms with Gasteiger partial charge in [-0.2, -0.15) is 0 Å². The maximum Gasteiger partial charge on any atom is 0.167 e. The number of nitrogens with two attached hydrogens (primary N) is 1. The molecule has 0 aliphatic rings. The molecule has 0 unspecified atom stereocenters. The average Bonchev–Trinajstić information content (AvgIpc) is 2.37. The van der Waals surface area contributed by atoms with E-state index in [0.717, 1.165) is 11.6 Å². The second kappa shape index (κ2) is 5.14. The highest BCUT2D eigenvalue weighted by atomic mass is 19.1. The number of hydrogen-bond donors (Lipinski definition) is 2. The first kappa shape index (κ1) is 13.1. The molecule has 0 fully saturated rings. The first-order valence-electron chi connectivity index (χ1n) is 5.67. The monoisotopic (exact) mass is 264 g/mol. The van der Waals surface area contributed by atoms with E-state index in [2.05, 4.69) is 5.32 Å². The molecule has 5 heteroatoms. The highest BCUT2D eigenvalue weighted by molar-refractivity contribution is 5.75. The lowest BCUT2D eigenvalue weighted by molar-refractivity contribution is 0.387. The molecule has 0 aliphatic carbocycles. The molecule has 2 aromatic carbocycles. The molecule has 0 heterocycles. The summed E-state index contributed by atoms with van der Waals surface area (Å²) in [5, 5.41) is 2.97. The maximum atomic E-state index is 13.4. The fraction of sp³-hybridized carbons (Fsp3) is 0.143. The third kappa shape index (κ3) is 2.76. The van der Waals surface area contributed by atoms with Crippen molar-refractivity contribution in [2.24, 2.45) is 0 Å². The molecule has 0 radical (unpaired) electrons. The van der Waals surface area contributed by atoms with Gasteiger partial charge >= 0.3 is 0 Å². The average molecular weight is 264 g/mol. The Morgan fingerprint density at radius 2 is 1.84 bits per heavy atom. The number of nitrogens with one attached hydrogen (secondary N) is 1. The van der Waals surface area contributed by atoms with Gasteiger partial charge in [0, 0.05) is 17.8 Å². The number of benzene rings is 2. The summed E-state index contributed by atoms with van der Waals surface area (Å²) in [5.41, 5.74) is 7.84. The van der Waals surface area contributed by atoms with Gasteiger partial charge in [0.15, 0.2) is 11.6 Å². The van der Waals surface area contributed by atoms with E-state index in [1.165, 1.54) is 25.3 Å². The lowest BCUT2D eigenvalue weighted by Crippen LogP contribution is -2.00. The Morgan fingerprint density at radius 1 is 1.11 bits per heavy atom. The van der Waals surface area contributed by atoms with Crippen LogP contribution in [-0.2, 0) is 0 Å². The lowest BCUT2D eigenvalue weighted by Gasteiger charge is -2.13. The van der Waals surface area contributed by atoms with E-state index in [1.54, 1.807) is 6.07 Å². The highest BCUT2D eigenvalue weighted by Crippen LogP contribution is 2.31. The second-order valence-corrected chi connectivity index (χ2v) is 4.16. The molecular weight excluding hydrogens is 250 g/mol. The molecule has 2 rings (SSSR count). The quantitative estimate of drug-likeness (QED) is 0.832. The van der Waals surface area contributed by atoms with Crippen LogP contribution in [0.4, 0.5) is 25.8 Å². The van der Waals surface area contributed by atoms with Crippen molar-refractivity contribution >= 4 is 17.1 Å². The molecule has 0 saturated heterocycles. The normalized spacial score (nSPS) is 10.3. The summed E-state index contributed by atoms with van der Waals surface area (Å²) in [5.74, 6) is -0.826. The van der Waals surface area contributed by atoms with Gasteiger partial charge in [0.2, 0.25) is 0 Å². The Hall–Kier alpha value is -2.30. The Kier molecular flexibility index (Phi) is 3.55. The van der Waals surface area contributed by atoms with Crippen molar-refractivity contribution in [2.45, 2.75) is 6.92 Å². The van der Waals surface area contributed by atoms with Crippen LogP contribution in [0.25, 0.3) is 0 Å². The summed E-state index contributed by atoms with van der Waals surface area (Å²) < 4.78 is 31.5. The van der Waals surface area contributed by atoms with Crippen LogP contribution in [-0.4, -0.2) is 7.11 Å². The number of halogens is 2. The number of anilines is 3. The van der Waals surface area contributed by atoms with Gasteiger partial charge < -0.3 is 15.8 Å². The fourth-order valence-electron chi connectivity index (χ4n) is 1.71. The van der Waals surface area contributed by atoms with E-state index >= 15 is 0 Å². The summed E-state index contributed by atoms with van der Waals surface area (Å²) in [6.45, 7) is 1.83. The molecule has 3 N–H and O–H groups in total. The van der Waals surface area contributed by atoms with Gasteiger partial charge in [-0.3, -0.25) is 0 Å². The zero-order chi connectivity index (χ0) is 14.0. The van der Waals surface area contributed by atoms with Crippen molar-refractivity contribution in [1.82, 2.24) is 0 Å². The summed E-state index contributed by atoms with van der Waals surface area (Å²) in [7, 11) is 1.37. The minimum atomic E-state index is -0.540. The topological polar surface area (TPSA) is 47.3 Å². The number of methoxy groups -OCH3 is 1. The smallest absolute Gasteiger partial charge is 0.167 e. The molecule has 0 bridgehead atoms. The molecule has 0 saturated carbocycles. The Bertz CT molecular complexity index is 615. The second-order valence-electron chi connectivity index (χ2n) is 4.16.